The summed E-state index contributed by atoms with van der Waals surface area (Å²) in [6.45, 7) is 0. The van der Waals surface area contributed by atoms with Crippen molar-refractivity contribution in [2.75, 3.05) is 12.0 Å². The third-order valence-electron chi connectivity index (χ3n) is 1.56. The highest BCUT2D eigenvalue weighted by Crippen LogP contribution is 2.22. The lowest BCUT2D eigenvalue weighted by Gasteiger charge is -1.93. The molecular formula is C9H12N4S3. The summed E-state index contributed by atoms with van der Waals surface area (Å²) < 4.78 is 0. The van der Waals surface area contributed by atoms with E-state index in [4.69, 9.17) is 11.0 Å². The Morgan fingerprint density at radius 3 is 3.25 bits per heavy atom. The van der Waals surface area contributed by atoms with Gasteiger partial charge in [0, 0.05) is 23.3 Å². The maximum absolute atomic E-state index is 8.38. The first-order valence-electron chi connectivity index (χ1n) is 4.53. The van der Waals surface area contributed by atoms with Crippen LogP contribution in [0.15, 0.2) is 10.4 Å². The molecule has 1 heterocycles. The number of rotatable bonds is 5. The van der Waals surface area contributed by atoms with Crippen LogP contribution in [0.4, 0.5) is 5.13 Å². The molecule has 2 N–H and O–H groups in total. The van der Waals surface area contributed by atoms with Gasteiger partial charge in [0.25, 0.3) is 0 Å². The predicted molar refractivity (Wildman–Crippen MR) is 73.3 cm³/mol. The van der Waals surface area contributed by atoms with Crippen molar-refractivity contribution in [3.05, 3.63) is 11.1 Å². The number of nitrogens with two attached hydrogens (primary N) is 1. The topological polar surface area (TPSA) is 75.1 Å². The fourth-order valence-corrected chi connectivity index (χ4v) is 2.62. The Kier molecular flexibility index (Phi) is 6.30. The van der Waals surface area contributed by atoms with Crippen LogP contribution in [0.5, 0.6) is 0 Å². The number of hydrogen-bond acceptors (Lipinski definition) is 6. The molecule has 16 heavy (non-hydrogen) atoms. The van der Waals surface area contributed by atoms with Crippen molar-refractivity contribution in [2.45, 2.75) is 12.2 Å². The minimum absolute atomic E-state index is 0.526. The molecular weight excluding hydrogens is 260 g/mol. The molecule has 4 nitrogen and oxygen atoms in total. The molecule has 0 amide bonds. The number of aromatic nitrogens is 1. The molecule has 0 aliphatic heterocycles. The number of nitriles is 1. The molecule has 0 aromatic carbocycles. The third kappa shape index (κ3) is 4.88. The second kappa shape index (κ2) is 7.54. The first kappa shape index (κ1) is 13.4. The SMILES string of the molecule is CSC(N)=Nc1nc(CSCCC#N)cs1. The van der Waals surface area contributed by atoms with Crippen LogP contribution < -0.4 is 5.73 Å². The lowest BCUT2D eigenvalue weighted by molar-refractivity contribution is 1.20. The highest BCUT2D eigenvalue weighted by Gasteiger charge is 2.01. The van der Waals surface area contributed by atoms with Crippen LogP contribution in [0.2, 0.25) is 0 Å². The van der Waals surface area contributed by atoms with E-state index in [2.05, 4.69) is 16.0 Å². The molecule has 86 valence electrons. The maximum Gasteiger partial charge on any atom is 0.211 e. The van der Waals surface area contributed by atoms with Gasteiger partial charge in [-0.25, -0.2) is 4.98 Å². The molecule has 7 heteroatoms. The average Bonchev–Trinajstić information content (AvgIpc) is 2.72. The van der Waals surface area contributed by atoms with Gasteiger partial charge in [-0.15, -0.1) is 11.3 Å². The minimum atomic E-state index is 0.526. The summed E-state index contributed by atoms with van der Waals surface area (Å²) in [6, 6.07) is 2.11. The molecule has 0 radical (unpaired) electrons. The Balaban J connectivity index is 2.43. The Bertz CT molecular complexity index is 394. The number of nitrogens with zero attached hydrogens (tertiary/aromatic N) is 3. The minimum Gasteiger partial charge on any atom is -0.378 e. The van der Waals surface area contributed by atoms with Crippen LogP contribution in [0.25, 0.3) is 0 Å². The van der Waals surface area contributed by atoms with E-state index in [1.807, 2.05) is 11.6 Å². The van der Waals surface area contributed by atoms with Crippen molar-refractivity contribution in [1.29, 1.82) is 5.26 Å². The molecule has 0 aliphatic rings. The summed E-state index contributed by atoms with van der Waals surface area (Å²) in [4.78, 5) is 8.48. The summed E-state index contributed by atoms with van der Waals surface area (Å²) in [7, 11) is 0. The predicted octanol–water partition coefficient (Wildman–Crippen LogP) is 2.60. The fourth-order valence-electron chi connectivity index (χ4n) is 0.848. The Morgan fingerprint density at radius 1 is 1.75 bits per heavy atom. The van der Waals surface area contributed by atoms with Crippen LogP contribution in [0.1, 0.15) is 12.1 Å². The largest absolute Gasteiger partial charge is 0.378 e. The van der Waals surface area contributed by atoms with E-state index < -0.39 is 0 Å². The summed E-state index contributed by atoms with van der Waals surface area (Å²) in [5.74, 6) is 1.67. The van der Waals surface area contributed by atoms with Gasteiger partial charge in [-0.1, -0.05) is 11.8 Å². The molecule has 0 bridgehead atoms. The molecule has 0 aliphatic carbocycles. The maximum atomic E-state index is 8.38. The van der Waals surface area contributed by atoms with E-state index >= 15 is 0 Å². The molecule has 0 saturated heterocycles. The zero-order chi connectivity index (χ0) is 11.8. The van der Waals surface area contributed by atoms with Crippen molar-refractivity contribution in [3.8, 4) is 6.07 Å². The second-order valence-corrected chi connectivity index (χ2v) is 5.50. The number of aliphatic imine (C=N–C) groups is 1. The normalized spacial score (nSPS) is 11.4. The zero-order valence-corrected chi connectivity index (χ0v) is 11.3. The van der Waals surface area contributed by atoms with E-state index in [0.29, 0.717) is 16.7 Å². The third-order valence-corrected chi connectivity index (χ3v) is 3.85. The van der Waals surface area contributed by atoms with Gasteiger partial charge in [0.2, 0.25) is 5.13 Å². The van der Waals surface area contributed by atoms with Gasteiger partial charge in [0.15, 0.2) is 5.17 Å². The van der Waals surface area contributed by atoms with Crippen molar-refractivity contribution in [1.82, 2.24) is 4.98 Å². The summed E-state index contributed by atoms with van der Waals surface area (Å²) in [5, 5.41) is 11.6. The van der Waals surface area contributed by atoms with Gasteiger partial charge >= 0.3 is 0 Å². The summed E-state index contributed by atoms with van der Waals surface area (Å²) >= 11 is 4.60. The second-order valence-electron chi connectivity index (χ2n) is 2.74. The van der Waals surface area contributed by atoms with Crippen LogP contribution in [-0.2, 0) is 5.75 Å². The van der Waals surface area contributed by atoms with Crippen molar-refractivity contribution in [3.63, 3.8) is 0 Å². The van der Waals surface area contributed by atoms with E-state index in [1.165, 1.54) is 23.1 Å². The van der Waals surface area contributed by atoms with Crippen molar-refractivity contribution in [2.24, 2.45) is 10.7 Å². The smallest absolute Gasteiger partial charge is 0.211 e. The molecule has 1 aromatic rings. The van der Waals surface area contributed by atoms with Crippen molar-refractivity contribution < 1.29 is 0 Å². The van der Waals surface area contributed by atoms with Crippen LogP contribution in [0.3, 0.4) is 0 Å². The Labute approximate surface area is 107 Å². The van der Waals surface area contributed by atoms with E-state index in [1.54, 1.807) is 11.8 Å². The lowest BCUT2D eigenvalue weighted by Crippen LogP contribution is -2.03. The molecule has 1 aromatic heterocycles. The number of amidine groups is 1. The standard InChI is InChI=1S/C9H12N4S3/c1-14-8(11)13-9-12-7(6-16-9)5-15-4-2-3-10/h6H,2,4-5H2,1H3,(H2,11,12,13). The van der Waals surface area contributed by atoms with Gasteiger partial charge in [0.05, 0.1) is 11.8 Å². The summed E-state index contributed by atoms with van der Waals surface area (Å²) in [6.07, 6.45) is 2.46. The average molecular weight is 272 g/mol. The number of hydrogen-bond donors (Lipinski definition) is 1. The molecule has 0 unspecified atom stereocenters. The van der Waals surface area contributed by atoms with Gasteiger partial charge < -0.3 is 5.73 Å². The molecule has 0 spiro atoms. The Morgan fingerprint density at radius 2 is 2.56 bits per heavy atom. The first-order valence-corrected chi connectivity index (χ1v) is 7.79. The Hall–Kier alpha value is -0.710. The summed E-state index contributed by atoms with van der Waals surface area (Å²) in [5.41, 5.74) is 6.59. The highest BCUT2D eigenvalue weighted by molar-refractivity contribution is 8.13. The molecule has 1 rings (SSSR count). The van der Waals surface area contributed by atoms with E-state index in [-0.39, 0.29) is 0 Å². The lowest BCUT2D eigenvalue weighted by atomic mass is 10.6. The van der Waals surface area contributed by atoms with Gasteiger partial charge in [-0.2, -0.15) is 22.0 Å². The van der Waals surface area contributed by atoms with Gasteiger partial charge in [-0.05, 0) is 6.26 Å². The molecule has 0 atom stereocenters. The van der Waals surface area contributed by atoms with Crippen molar-refractivity contribution >= 4 is 45.2 Å². The quantitative estimate of drug-likeness (QED) is 0.506. The van der Waals surface area contributed by atoms with Crippen LogP contribution >= 0.6 is 34.9 Å². The van der Waals surface area contributed by atoms with Crippen LogP contribution in [0, 0.1) is 11.3 Å². The molecule has 0 saturated carbocycles. The zero-order valence-electron chi connectivity index (χ0n) is 8.84. The highest BCUT2D eigenvalue weighted by atomic mass is 32.2. The van der Waals surface area contributed by atoms with E-state index in [9.17, 15) is 0 Å². The monoisotopic (exact) mass is 272 g/mol. The fraction of sp³-hybridized carbons (Fsp3) is 0.444. The van der Waals surface area contributed by atoms with Gasteiger partial charge in [-0.3, -0.25) is 0 Å². The molecule has 0 fully saturated rings. The van der Waals surface area contributed by atoms with Crippen LogP contribution in [-0.4, -0.2) is 22.2 Å². The first-order chi connectivity index (χ1) is 7.76. The number of thioether (sulfide) groups is 2. The van der Waals surface area contributed by atoms with Gasteiger partial charge in [0.1, 0.15) is 0 Å². The van der Waals surface area contributed by atoms with E-state index in [0.717, 1.165) is 17.2 Å². The number of thiazole rings is 1.